The minimum absolute atomic E-state index is 0. The zero-order valence-electron chi connectivity index (χ0n) is 21.1. The zero-order chi connectivity index (χ0) is 20.6. The van der Waals surface area contributed by atoms with Crippen molar-refractivity contribution in [3.8, 4) is 0 Å². The Hall–Kier alpha value is 0.371. The number of benzene rings is 1. The molecule has 0 saturated heterocycles. The van der Waals surface area contributed by atoms with Crippen molar-refractivity contribution >= 4 is 18.4 Å². The summed E-state index contributed by atoms with van der Waals surface area (Å²) in [6.45, 7) is 14.3. The molecule has 0 spiro atoms. The third kappa shape index (κ3) is 10.7. The summed E-state index contributed by atoms with van der Waals surface area (Å²) in [5, 5.41) is 3.30. The van der Waals surface area contributed by atoms with E-state index in [-0.39, 0.29) is 58.9 Å². The predicted molar refractivity (Wildman–Crippen MR) is 130 cm³/mol. The van der Waals surface area contributed by atoms with Gasteiger partial charge in [-0.2, -0.15) is 16.3 Å². The van der Waals surface area contributed by atoms with Gasteiger partial charge in [0.05, 0.1) is 8.07 Å². The monoisotopic (exact) mass is 548 g/mol. The topological polar surface area (TPSA) is 0 Å². The third-order valence-corrected chi connectivity index (χ3v) is 10.2. The Morgan fingerprint density at radius 2 is 1.06 bits per heavy atom. The number of hydrogen-bond acceptors (Lipinski definition) is 0. The summed E-state index contributed by atoms with van der Waals surface area (Å²) < 4.78 is 0. The van der Waals surface area contributed by atoms with Crippen LogP contribution in [0.3, 0.4) is 0 Å². The number of rotatable bonds is 12. The Morgan fingerprint density at radius 3 is 1.44 bits per heavy atom. The second-order valence-electron chi connectivity index (χ2n) is 9.36. The molecule has 0 fully saturated rings. The van der Waals surface area contributed by atoms with E-state index in [0.717, 1.165) is 0 Å². The van der Waals surface area contributed by atoms with Gasteiger partial charge >= 0.3 is 21.7 Å². The SMILES string of the molecule is CCCCCCc1cc(CCCCCC)cc([Si](C)(C)[c-]2c(C)ccc2C)c1.[Cl-].[Cl-].[Cl-].[Ti+4]. The summed E-state index contributed by atoms with van der Waals surface area (Å²) in [6.07, 6.45) is 13.3. The number of aryl methyl sites for hydroxylation is 4. The molecule has 5 heteroatoms. The van der Waals surface area contributed by atoms with Crippen LogP contribution in [-0.2, 0) is 34.6 Å². The quantitative estimate of drug-likeness (QED) is 0.165. The number of hydrogen-bond donors (Lipinski definition) is 0. The van der Waals surface area contributed by atoms with Gasteiger partial charge in [-0.25, -0.2) is 12.1 Å². The van der Waals surface area contributed by atoms with Gasteiger partial charge in [0.25, 0.3) is 0 Å². The molecule has 2 rings (SSSR count). The van der Waals surface area contributed by atoms with Gasteiger partial charge < -0.3 is 37.2 Å². The van der Waals surface area contributed by atoms with Gasteiger partial charge in [-0.1, -0.05) is 103 Å². The summed E-state index contributed by atoms with van der Waals surface area (Å²) >= 11 is 0. The van der Waals surface area contributed by atoms with Crippen LogP contribution in [0.4, 0.5) is 0 Å². The average molecular weight is 550 g/mol. The van der Waals surface area contributed by atoms with Gasteiger partial charge in [0.1, 0.15) is 0 Å². The molecule has 2 aromatic rings. The van der Waals surface area contributed by atoms with Crippen LogP contribution in [0.5, 0.6) is 0 Å². The largest absolute Gasteiger partial charge is 4.00 e. The van der Waals surface area contributed by atoms with Gasteiger partial charge in [0.15, 0.2) is 0 Å². The van der Waals surface area contributed by atoms with E-state index in [0.29, 0.717) is 0 Å². The average Bonchev–Trinajstić information content (AvgIpc) is 3.01. The maximum atomic E-state index is 2.57. The zero-order valence-corrected chi connectivity index (χ0v) is 25.9. The van der Waals surface area contributed by atoms with Gasteiger partial charge in [0, 0.05) is 0 Å². The molecule has 0 atom stereocenters. The van der Waals surface area contributed by atoms with Crippen LogP contribution in [0.25, 0.3) is 0 Å². The van der Waals surface area contributed by atoms with E-state index >= 15 is 0 Å². The van der Waals surface area contributed by atoms with Crippen LogP contribution in [0, 0.1) is 13.8 Å². The smallest absolute Gasteiger partial charge is 1.00 e. The molecule has 0 aromatic heterocycles. The Kier molecular flexibility index (Phi) is 21.5. The fourth-order valence-corrected chi connectivity index (χ4v) is 8.30. The molecule has 32 heavy (non-hydrogen) atoms. The Labute approximate surface area is 233 Å². The van der Waals surface area contributed by atoms with Gasteiger partial charge in [-0.3, -0.25) is 0 Å². The van der Waals surface area contributed by atoms with E-state index in [1.807, 2.05) is 0 Å². The van der Waals surface area contributed by atoms with E-state index in [1.165, 1.54) is 75.3 Å². The molecule has 0 bridgehead atoms. The molecule has 0 aliphatic heterocycles. The molecular formula is C27H43Cl3SiTi. The van der Waals surface area contributed by atoms with Crippen molar-refractivity contribution in [2.24, 2.45) is 0 Å². The molecule has 0 unspecified atom stereocenters. The maximum Gasteiger partial charge on any atom is 4.00 e. The van der Waals surface area contributed by atoms with Crippen molar-refractivity contribution in [2.45, 2.75) is 105 Å². The van der Waals surface area contributed by atoms with Crippen molar-refractivity contribution in [2.75, 3.05) is 0 Å². The minimum Gasteiger partial charge on any atom is -1.00 e. The van der Waals surface area contributed by atoms with Crippen LogP contribution in [-0.4, -0.2) is 8.07 Å². The van der Waals surface area contributed by atoms with Gasteiger partial charge in [-0.15, -0.1) is 0 Å². The summed E-state index contributed by atoms with van der Waals surface area (Å²) in [6, 6.07) is 12.3. The predicted octanol–water partition coefficient (Wildman–Crippen LogP) is -1.90. The molecule has 2 aromatic carbocycles. The molecule has 0 heterocycles. The Balaban J connectivity index is -0.00000210. The first-order chi connectivity index (χ1) is 13.4. The third-order valence-electron chi connectivity index (χ3n) is 6.41. The first-order valence-corrected chi connectivity index (χ1v) is 14.8. The number of halogens is 3. The van der Waals surface area contributed by atoms with Crippen molar-refractivity contribution < 1.29 is 58.9 Å². The molecule has 0 amide bonds. The van der Waals surface area contributed by atoms with E-state index in [9.17, 15) is 0 Å². The van der Waals surface area contributed by atoms with Crippen LogP contribution < -0.4 is 47.6 Å². The van der Waals surface area contributed by atoms with Crippen LogP contribution in [0.15, 0.2) is 30.3 Å². The summed E-state index contributed by atoms with van der Waals surface area (Å²) in [4.78, 5) is 0. The molecule has 0 saturated carbocycles. The van der Waals surface area contributed by atoms with E-state index in [2.05, 4.69) is 71.1 Å². The second-order valence-corrected chi connectivity index (χ2v) is 13.7. The summed E-state index contributed by atoms with van der Waals surface area (Å²) in [5.74, 6) is 0. The fraction of sp³-hybridized carbons (Fsp3) is 0.593. The first kappa shape index (κ1) is 36.9. The standard InChI is InChI=1S/C27H43Si.3ClH.Ti/c1-7-9-11-13-15-24-19-25(16-14-12-10-8-2)21-26(20-24)28(5,6)27-22(3)17-18-23(27)4;;;;/h17-21H,7-16H2,1-6H3;3*1H;/q-1;;;;+4/p-3. The molecule has 0 nitrogen and oxygen atoms in total. The molecule has 0 radical (unpaired) electrons. The van der Waals surface area contributed by atoms with Crippen molar-refractivity contribution in [3.05, 3.63) is 52.6 Å². The van der Waals surface area contributed by atoms with Crippen LogP contribution in [0.1, 0.15) is 87.5 Å². The Morgan fingerprint density at radius 1 is 0.656 bits per heavy atom. The normalized spacial score (nSPS) is 10.4. The number of unbranched alkanes of at least 4 members (excludes halogenated alkanes) is 6. The van der Waals surface area contributed by atoms with Crippen molar-refractivity contribution in [1.82, 2.24) is 0 Å². The van der Waals surface area contributed by atoms with Crippen molar-refractivity contribution in [3.63, 3.8) is 0 Å². The van der Waals surface area contributed by atoms with E-state index in [1.54, 1.807) is 21.5 Å². The molecule has 0 N–H and O–H groups in total. The molecule has 0 aliphatic rings. The maximum absolute atomic E-state index is 2.57. The fourth-order valence-electron chi connectivity index (χ4n) is 4.78. The van der Waals surface area contributed by atoms with Crippen LogP contribution >= 0.6 is 0 Å². The first-order valence-electron chi connectivity index (χ1n) is 11.8. The molecular weight excluding hydrogens is 507 g/mol. The Bertz CT molecular complexity index is 691. The van der Waals surface area contributed by atoms with E-state index < -0.39 is 8.07 Å². The second kappa shape index (κ2) is 18.7. The van der Waals surface area contributed by atoms with Crippen LogP contribution in [0.2, 0.25) is 13.1 Å². The molecule has 0 aliphatic carbocycles. The molecule has 180 valence electrons. The minimum atomic E-state index is -1.66. The van der Waals surface area contributed by atoms with Gasteiger partial charge in [0.2, 0.25) is 0 Å². The van der Waals surface area contributed by atoms with Gasteiger partial charge in [-0.05, 0) is 36.8 Å². The van der Waals surface area contributed by atoms with Crippen molar-refractivity contribution in [1.29, 1.82) is 0 Å². The van der Waals surface area contributed by atoms with E-state index in [4.69, 9.17) is 0 Å². The summed E-state index contributed by atoms with van der Waals surface area (Å²) in [7, 11) is -1.66. The summed E-state index contributed by atoms with van der Waals surface area (Å²) in [5.41, 5.74) is 6.15.